The van der Waals surface area contributed by atoms with E-state index in [1.54, 1.807) is 0 Å². The molecule has 0 spiro atoms. The van der Waals surface area contributed by atoms with Gasteiger partial charge >= 0.3 is 0 Å². The Labute approximate surface area is 115 Å². The topological polar surface area (TPSA) is 29.3 Å². The van der Waals surface area contributed by atoms with Crippen molar-refractivity contribution in [2.24, 2.45) is 11.7 Å². The van der Waals surface area contributed by atoms with Crippen LogP contribution >= 0.6 is 11.6 Å². The average Bonchev–Trinajstić information content (AvgIpc) is 2.77. The van der Waals surface area contributed by atoms with Crippen LogP contribution in [0.15, 0.2) is 24.3 Å². The Morgan fingerprint density at radius 3 is 2.83 bits per heavy atom. The van der Waals surface area contributed by atoms with Gasteiger partial charge in [-0.15, -0.1) is 0 Å². The van der Waals surface area contributed by atoms with Gasteiger partial charge in [0.1, 0.15) is 0 Å². The lowest BCUT2D eigenvalue weighted by atomic mass is 10.0. The largest absolute Gasteiger partial charge is 0.328 e. The molecule has 100 valence electrons. The number of rotatable bonds is 4. The first-order valence-corrected chi connectivity index (χ1v) is 7.17. The standard InChI is InChI=1S/C15H23ClN2/c1-11(13-4-3-5-15(16)8-13)9-18-7-6-14(10-18)12(2)17/h3-5,8,11-12,14H,6-7,9-10,17H2,1-2H3. The molecule has 0 bridgehead atoms. The molecule has 2 N–H and O–H groups in total. The molecular weight excluding hydrogens is 244 g/mol. The highest BCUT2D eigenvalue weighted by Crippen LogP contribution is 2.24. The Balaban J connectivity index is 1.90. The van der Waals surface area contributed by atoms with Crippen LogP contribution in [-0.2, 0) is 0 Å². The van der Waals surface area contributed by atoms with Gasteiger partial charge < -0.3 is 10.6 Å². The van der Waals surface area contributed by atoms with E-state index in [1.807, 2.05) is 12.1 Å². The highest BCUT2D eigenvalue weighted by molar-refractivity contribution is 6.30. The summed E-state index contributed by atoms with van der Waals surface area (Å²) < 4.78 is 0. The van der Waals surface area contributed by atoms with Crippen LogP contribution in [0, 0.1) is 5.92 Å². The first-order valence-electron chi connectivity index (χ1n) is 6.79. The minimum absolute atomic E-state index is 0.316. The fraction of sp³-hybridized carbons (Fsp3) is 0.600. The SMILES string of the molecule is CC(CN1CCC(C(C)N)C1)c1cccc(Cl)c1. The maximum Gasteiger partial charge on any atom is 0.0408 e. The first kappa shape index (κ1) is 13.9. The molecule has 2 rings (SSSR count). The zero-order valence-electron chi connectivity index (χ0n) is 11.3. The molecule has 2 nitrogen and oxygen atoms in total. The number of halogens is 1. The lowest BCUT2D eigenvalue weighted by Crippen LogP contribution is -2.31. The lowest BCUT2D eigenvalue weighted by Gasteiger charge is -2.22. The van der Waals surface area contributed by atoms with Crippen molar-refractivity contribution in [3.8, 4) is 0 Å². The summed E-state index contributed by atoms with van der Waals surface area (Å²) >= 11 is 6.04. The van der Waals surface area contributed by atoms with Gasteiger partial charge in [0.2, 0.25) is 0 Å². The average molecular weight is 267 g/mol. The van der Waals surface area contributed by atoms with Crippen LogP contribution in [0.2, 0.25) is 5.02 Å². The van der Waals surface area contributed by atoms with Crippen LogP contribution in [0.25, 0.3) is 0 Å². The van der Waals surface area contributed by atoms with E-state index in [2.05, 4.69) is 30.9 Å². The van der Waals surface area contributed by atoms with E-state index in [1.165, 1.54) is 18.5 Å². The summed E-state index contributed by atoms with van der Waals surface area (Å²) in [4.78, 5) is 2.53. The summed E-state index contributed by atoms with van der Waals surface area (Å²) in [5, 5.41) is 0.828. The number of hydrogen-bond acceptors (Lipinski definition) is 2. The van der Waals surface area contributed by atoms with Gasteiger partial charge in [-0.05, 0) is 49.4 Å². The summed E-state index contributed by atoms with van der Waals surface area (Å²) in [7, 11) is 0. The summed E-state index contributed by atoms with van der Waals surface area (Å²) in [6, 6.07) is 8.51. The Morgan fingerprint density at radius 1 is 1.44 bits per heavy atom. The van der Waals surface area contributed by atoms with Crippen molar-refractivity contribution in [1.82, 2.24) is 4.90 Å². The maximum absolute atomic E-state index is 6.04. The highest BCUT2D eigenvalue weighted by Gasteiger charge is 2.26. The van der Waals surface area contributed by atoms with Crippen molar-refractivity contribution in [3.63, 3.8) is 0 Å². The molecule has 1 fully saturated rings. The van der Waals surface area contributed by atoms with E-state index in [-0.39, 0.29) is 0 Å². The van der Waals surface area contributed by atoms with Gasteiger partial charge in [0, 0.05) is 24.2 Å². The molecular formula is C15H23ClN2. The van der Waals surface area contributed by atoms with Crippen molar-refractivity contribution >= 4 is 11.6 Å². The van der Waals surface area contributed by atoms with E-state index in [0.29, 0.717) is 17.9 Å². The first-order chi connectivity index (χ1) is 8.56. The summed E-state index contributed by atoms with van der Waals surface area (Å²) in [6.45, 7) is 7.81. The van der Waals surface area contributed by atoms with Gasteiger partial charge in [-0.2, -0.15) is 0 Å². The third-order valence-corrected chi connectivity index (χ3v) is 4.24. The minimum atomic E-state index is 0.316. The molecule has 1 aliphatic rings. The number of nitrogens with zero attached hydrogens (tertiary/aromatic N) is 1. The quantitative estimate of drug-likeness (QED) is 0.907. The van der Waals surface area contributed by atoms with Gasteiger partial charge in [0.15, 0.2) is 0 Å². The van der Waals surface area contributed by atoms with Crippen LogP contribution in [-0.4, -0.2) is 30.6 Å². The van der Waals surface area contributed by atoms with Crippen LogP contribution < -0.4 is 5.73 Å². The fourth-order valence-corrected chi connectivity index (χ4v) is 2.96. The second kappa shape index (κ2) is 6.05. The second-order valence-electron chi connectivity index (χ2n) is 5.62. The monoisotopic (exact) mass is 266 g/mol. The predicted octanol–water partition coefficient (Wildman–Crippen LogP) is 3.11. The van der Waals surface area contributed by atoms with E-state index in [4.69, 9.17) is 17.3 Å². The third-order valence-electron chi connectivity index (χ3n) is 4.00. The molecule has 0 saturated carbocycles. The zero-order valence-corrected chi connectivity index (χ0v) is 12.0. The predicted molar refractivity (Wildman–Crippen MR) is 78.1 cm³/mol. The Bertz CT molecular complexity index is 392. The highest BCUT2D eigenvalue weighted by atomic mass is 35.5. The smallest absolute Gasteiger partial charge is 0.0408 e. The number of nitrogens with two attached hydrogens (primary N) is 1. The van der Waals surface area contributed by atoms with E-state index in [9.17, 15) is 0 Å². The second-order valence-corrected chi connectivity index (χ2v) is 6.06. The van der Waals surface area contributed by atoms with Crippen molar-refractivity contribution in [2.45, 2.75) is 32.2 Å². The van der Waals surface area contributed by atoms with Gasteiger partial charge in [0.25, 0.3) is 0 Å². The van der Waals surface area contributed by atoms with E-state index in [0.717, 1.165) is 18.1 Å². The Kier molecular flexibility index (Phi) is 4.66. The molecule has 3 heteroatoms. The van der Waals surface area contributed by atoms with Crippen LogP contribution in [0.3, 0.4) is 0 Å². The van der Waals surface area contributed by atoms with Crippen LogP contribution in [0.4, 0.5) is 0 Å². The van der Waals surface area contributed by atoms with Crippen LogP contribution in [0.5, 0.6) is 0 Å². The van der Waals surface area contributed by atoms with E-state index < -0.39 is 0 Å². The molecule has 1 saturated heterocycles. The van der Waals surface area contributed by atoms with Crippen molar-refractivity contribution in [3.05, 3.63) is 34.9 Å². The van der Waals surface area contributed by atoms with Gasteiger partial charge in [-0.1, -0.05) is 30.7 Å². The minimum Gasteiger partial charge on any atom is -0.328 e. The molecule has 1 aromatic carbocycles. The molecule has 1 aliphatic heterocycles. The number of benzene rings is 1. The van der Waals surface area contributed by atoms with Crippen molar-refractivity contribution < 1.29 is 0 Å². The molecule has 1 aromatic rings. The molecule has 0 amide bonds. The molecule has 0 radical (unpaired) electrons. The summed E-state index contributed by atoms with van der Waals surface area (Å²) in [5.74, 6) is 1.19. The van der Waals surface area contributed by atoms with Gasteiger partial charge in [-0.25, -0.2) is 0 Å². The maximum atomic E-state index is 6.04. The molecule has 18 heavy (non-hydrogen) atoms. The Hall–Kier alpha value is -0.570. The summed E-state index contributed by atoms with van der Waals surface area (Å²) in [5.41, 5.74) is 7.30. The van der Waals surface area contributed by atoms with Crippen LogP contribution in [0.1, 0.15) is 31.7 Å². The lowest BCUT2D eigenvalue weighted by molar-refractivity contribution is 0.300. The van der Waals surface area contributed by atoms with Gasteiger partial charge in [0.05, 0.1) is 0 Å². The molecule has 3 atom stereocenters. The molecule has 0 aliphatic carbocycles. The zero-order chi connectivity index (χ0) is 13.1. The molecule has 3 unspecified atom stereocenters. The molecule has 1 heterocycles. The fourth-order valence-electron chi connectivity index (χ4n) is 2.76. The van der Waals surface area contributed by atoms with Gasteiger partial charge in [-0.3, -0.25) is 0 Å². The molecule has 0 aromatic heterocycles. The van der Waals surface area contributed by atoms with Crippen molar-refractivity contribution in [1.29, 1.82) is 0 Å². The Morgan fingerprint density at radius 2 is 2.22 bits per heavy atom. The third kappa shape index (κ3) is 3.47. The number of likely N-dealkylation sites (tertiary alicyclic amines) is 1. The van der Waals surface area contributed by atoms with Crippen molar-refractivity contribution in [2.75, 3.05) is 19.6 Å². The summed E-state index contributed by atoms with van der Waals surface area (Å²) in [6.07, 6.45) is 1.24. The van der Waals surface area contributed by atoms with E-state index >= 15 is 0 Å². The number of hydrogen-bond donors (Lipinski definition) is 1. The normalized spacial score (nSPS) is 24.1.